The van der Waals surface area contributed by atoms with E-state index in [1.165, 1.54) is 17.3 Å². The van der Waals surface area contributed by atoms with E-state index < -0.39 is 0 Å². The molecule has 1 N–H and O–H groups in total. The van der Waals surface area contributed by atoms with Gasteiger partial charge in [0.2, 0.25) is 5.91 Å². The SMILES string of the molecule is CCC(=O)Nc1ccc(C(=O)CSc2nncn2-c2ccc(C)cc2C)cc1. The zero-order valence-electron chi connectivity index (χ0n) is 16.1. The molecule has 7 heteroatoms. The molecule has 0 unspecified atom stereocenters. The molecule has 0 bridgehead atoms. The first kappa shape index (κ1) is 19.8. The van der Waals surface area contributed by atoms with Crippen LogP contribution in [0.3, 0.4) is 0 Å². The second kappa shape index (κ2) is 8.84. The Morgan fingerprint density at radius 1 is 1.11 bits per heavy atom. The third-order valence-electron chi connectivity index (χ3n) is 4.27. The molecule has 1 aromatic heterocycles. The molecule has 0 atom stereocenters. The molecule has 144 valence electrons. The molecule has 0 aliphatic heterocycles. The van der Waals surface area contributed by atoms with Gasteiger partial charge in [-0.3, -0.25) is 14.2 Å². The molecule has 0 fully saturated rings. The molecule has 1 amide bonds. The molecular weight excluding hydrogens is 372 g/mol. The Labute approximate surface area is 168 Å². The first-order valence-electron chi connectivity index (χ1n) is 9.01. The summed E-state index contributed by atoms with van der Waals surface area (Å²) in [5.74, 6) is 0.193. The topological polar surface area (TPSA) is 76.9 Å². The van der Waals surface area contributed by atoms with Gasteiger partial charge < -0.3 is 5.32 Å². The third kappa shape index (κ3) is 4.67. The van der Waals surface area contributed by atoms with E-state index in [2.05, 4.69) is 28.5 Å². The Balaban J connectivity index is 1.67. The zero-order chi connectivity index (χ0) is 20.1. The van der Waals surface area contributed by atoms with E-state index in [1.54, 1.807) is 37.5 Å². The quantitative estimate of drug-likeness (QED) is 0.480. The number of amides is 1. The van der Waals surface area contributed by atoms with Gasteiger partial charge in [-0.15, -0.1) is 10.2 Å². The number of benzene rings is 2. The van der Waals surface area contributed by atoms with Crippen molar-refractivity contribution in [2.75, 3.05) is 11.1 Å². The summed E-state index contributed by atoms with van der Waals surface area (Å²) in [5.41, 5.74) is 4.60. The Kier molecular flexibility index (Phi) is 6.26. The van der Waals surface area contributed by atoms with Crippen molar-refractivity contribution in [2.45, 2.75) is 32.3 Å². The van der Waals surface area contributed by atoms with Gasteiger partial charge in [0, 0.05) is 17.7 Å². The Morgan fingerprint density at radius 3 is 2.54 bits per heavy atom. The zero-order valence-corrected chi connectivity index (χ0v) is 16.9. The van der Waals surface area contributed by atoms with E-state index in [0.29, 0.717) is 22.8 Å². The molecule has 0 spiro atoms. The van der Waals surface area contributed by atoms with Crippen LogP contribution in [0, 0.1) is 13.8 Å². The van der Waals surface area contributed by atoms with Gasteiger partial charge in [0.15, 0.2) is 10.9 Å². The van der Waals surface area contributed by atoms with Crippen LogP contribution in [-0.2, 0) is 4.79 Å². The van der Waals surface area contributed by atoms with Gasteiger partial charge in [0.1, 0.15) is 6.33 Å². The van der Waals surface area contributed by atoms with Gasteiger partial charge in [-0.2, -0.15) is 0 Å². The van der Waals surface area contributed by atoms with E-state index in [4.69, 9.17) is 0 Å². The van der Waals surface area contributed by atoms with Crippen LogP contribution in [0.1, 0.15) is 34.8 Å². The van der Waals surface area contributed by atoms with Gasteiger partial charge in [-0.1, -0.05) is 36.4 Å². The lowest BCUT2D eigenvalue weighted by molar-refractivity contribution is -0.115. The van der Waals surface area contributed by atoms with Crippen LogP contribution in [0.25, 0.3) is 5.69 Å². The number of aromatic nitrogens is 3. The van der Waals surface area contributed by atoms with Crippen LogP contribution < -0.4 is 5.32 Å². The molecule has 3 rings (SSSR count). The fourth-order valence-electron chi connectivity index (χ4n) is 2.77. The summed E-state index contributed by atoms with van der Waals surface area (Å²) < 4.78 is 1.90. The average molecular weight is 395 g/mol. The molecule has 0 aliphatic carbocycles. The number of hydrogen-bond acceptors (Lipinski definition) is 5. The minimum absolute atomic E-state index is 0.00598. The number of ketones is 1. The lowest BCUT2D eigenvalue weighted by Gasteiger charge is -2.10. The molecule has 2 aromatic carbocycles. The number of rotatable bonds is 7. The van der Waals surface area contributed by atoms with Gasteiger partial charge >= 0.3 is 0 Å². The van der Waals surface area contributed by atoms with Crippen molar-refractivity contribution in [3.8, 4) is 5.69 Å². The van der Waals surface area contributed by atoms with Crippen molar-refractivity contribution in [1.82, 2.24) is 14.8 Å². The minimum atomic E-state index is -0.0552. The highest BCUT2D eigenvalue weighted by molar-refractivity contribution is 7.99. The molecule has 0 saturated heterocycles. The van der Waals surface area contributed by atoms with Gasteiger partial charge in [0.25, 0.3) is 0 Å². The van der Waals surface area contributed by atoms with Gasteiger partial charge in [-0.25, -0.2) is 0 Å². The average Bonchev–Trinajstić information content (AvgIpc) is 3.15. The number of nitrogens with one attached hydrogen (secondary N) is 1. The fourth-order valence-corrected chi connectivity index (χ4v) is 3.58. The van der Waals surface area contributed by atoms with Crippen LogP contribution in [-0.4, -0.2) is 32.2 Å². The molecule has 1 heterocycles. The summed E-state index contributed by atoms with van der Waals surface area (Å²) in [5, 5.41) is 11.6. The summed E-state index contributed by atoms with van der Waals surface area (Å²) in [4.78, 5) is 24.0. The summed E-state index contributed by atoms with van der Waals surface area (Å²) in [6.45, 7) is 5.89. The van der Waals surface area contributed by atoms with E-state index in [9.17, 15) is 9.59 Å². The standard InChI is InChI=1S/C21H22N4O2S/c1-4-20(27)23-17-8-6-16(7-9-17)19(26)12-28-21-24-22-13-25(21)18-10-5-14(2)11-15(18)3/h5-11,13H,4,12H2,1-3H3,(H,23,27). The van der Waals surface area contributed by atoms with E-state index in [1.807, 2.05) is 23.6 Å². The first-order valence-corrected chi connectivity index (χ1v) is 10.00. The number of carbonyl (C=O) groups is 2. The van der Waals surface area contributed by atoms with Crippen molar-refractivity contribution >= 4 is 29.1 Å². The predicted molar refractivity (Wildman–Crippen MR) is 111 cm³/mol. The van der Waals surface area contributed by atoms with Crippen LogP contribution in [0.15, 0.2) is 53.9 Å². The maximum absolute atomic E-state index is 12.5. The second-order valence-electron chi connectivity index (χ2n) is 6.46. The Bertz CT molecular complexity index is 996. The highest BCUT2D eigenvalue weighted by Crippen LogP contribution is 2.23. The van der Waals surface area contributed by atoms with Crippen molar-refractivity contribution in [2.24, 2.45) is 0 Å². The third-order valence-corrected chi connectivity index (χ3v) is 5.22. The van der Waals surface area contributed by atoms with E-state index >= 15 is 0 Å². The van der Waals surface area contributed by atoms with Crippen LogP contribution in [0.2, 0.25) is 0 Å². The maximum atomic E-state index is 12.5. The number of thioether (sulfide) groups is 1. The number of anilines is 1. The van der Waals surface area contributed by atoms with Gasteiger partial charge in [0.05, 0.1) is 11.4 Å². The minimum Gasteiger partial charge on any atom is -0.326 e. The predicted octanol–water partition coefficient (Wildman–Crippen LogP) is 4.21. The second-order valence-corrected chi connectivity index (χ2v) is 7.41. The monoisotopic (exact) mass is 394 g/mol. The van der Waals surface area contributed by atoms with Crippen LogP contribution in [0.4, 0.5) is 5.69 Å². The maximum Gasteiger partial charge on any atom is 0.224 e. The number of nitrogens with zero attached hydrogens (tertiary/aromatic N) is 3. The lowest BCUT2D eigenvalue weighted by atomic mass is 10.1. The fraction of sp³-hybridized carbons (Fsp3) is 0.238. The molecule has 0 saturated carbocycles. The number of Topliss-reactive ketones (excluding diaryl/α,β-unsaturated/α-hetero) is 1. The number of hydrogen-bond donors (Lipinski definition) is 1. The van der Waals surface area contributed by atoms with Crippen molar-refractivity contribution in [3.63, 3.8) is 0 Å². The number of aryl methyl sites for hydroxylation is 2. The smallest absolute Gasteiger partial charge is 0.224 e. The summed E-state index contributed by atoms with van der Waals surface area (Å²) >= 11 is 1.35. The number of carbonyl (C=O) groups excluding carboxylic acids is 2. The van der Waals surface area contributed by atoms with Crippen molar-refractivity contribution in [3.05, 3.63) is 65.5 Å². The molecular formula is C21H22N4O2S. The molecule has 0 aliphatic rings. The summed E-state index contributed by atoms with van der Waals surface area (Å²) in [7, 11) is 0. The first-order chi connectivity index (χ1) is 13.5. The Morgan fingerprint density at radius 2 is 1.86 bits per heavy atom. The molecule has 6 nitrogen and oxygen atoms in total. The highest BCUT2D eigenvalue weighted by Gasteiger charge is 2.13. The van der Waals surface area contributed by atoms with Crippen molar-refractivity contribution < 1.29 is 9.59 Å². The van der Waals surface area contributed by atoms with Gasteiger partial charge in [-0.05, 0) is 49.7 Å². The lowest BCUT2D eigenvalue weighted by Crippen LogP contribution is -2.10. The van der Waals surface area contributed by atoms with E-state index in [-0.39, 0.29) is 17.4 Å². The molecule has 0 radical (unpaired) electrons. The molecule has 3 aromatic rings. The largest absolute Gasteiger partial charge is 0.326 e. The normalized spacial score (nSPS) is 10.7. The highest BCUT2D eigenvalue weighted by atomic mass is 32.2. The Hall–Kier alpha value is -2.93. The van der Waals surface area contributed by atoms with E-state index in [0.717, 1.165) is 11.3 Å². The summed E-state index contributed by atoms with van der Waals surface area (Å²) in [6, 6.07) is 13.1. The summed E-state index contributed by atoms with van der Waals surface area (Å²) in [6.07, 6.45) is 2.08. The van der Waals surface area contributed by atoms with Crippen LogP contribution >= 0.6 is 11.8 Å². The van der Waals surface area contributed by atoms with Crippen molar-refractivity contribution in [1.29, 1.82) is 0 Å². The molecule has 28 heavy (non-hydrogen) atoms. The van der Waals surface area contributed by atoms with Crippen LogP contribution in [0.5, 0.6) is 0 Å².